The molecule has 19 heavy (non-hydrogen) atoms. The number of hydrogen-bond donors (Lipinski definition) is 2. The van der Waals surface area contributed by atoms with Crippen LogP contribution in [0, 0.1) is 11.6 Å². The molecule has 2 N–H and O–H groups in total. The summed E-state index contributed by atoms with van der Waals surface area (Å²) >= 11 is 0.989. The summed E-state index contributed by atoms with van der Waals surface area (Å²) in [5.74, 6) is -1.98. The van der Waals surface area contributed by atoms with Gasteiger partial charge in [-0.15, -0.1) is 11.8 Å². The summed E-state index contributed by atoms with van der Waals surface area (Å²) in [6, 6.07) is 3.14. The second-order valence-corrected chi connectivity index (χ2v) is 5.44. The lowest BCUT2D eigenvalue weighted by Gasteiger charge is -2.25. The Balaban J connectivity index is 2.76. The predicted octanol–water partition coefficient (Wildman–Crippen LogP) is 2.90. The molecular formula is C13H17F2NO2S. The molecule has 1 aromatic rings. The third-order valence-corrected chi connectivity index (χ3v) is 3.99. The SMILES string of the molecule is CCCNC(C)(CSc1cc(F)ccc1F)C(=O)O. The van der Waals surface area contributed by atoms with E-state index in [0.29, 0.717) is 6.54 Å². The fraction of sp³-hybridized carbons (Fsp3) is 0.462. The van der Waals surface area contributed by atoms with Crippen molar-refractivity contribution >= 4 is 17.7 Å². The van der Waals surface area contributed by atoms with Crippen molar-refractivity contribution in [1.29, 1.82) is 0 Å². The van der Waals surface area contributed by atoms with Crippen LogP contribution < -0.4 is 5.32 Å². The topological polar surface area (TPSA) is 49.3 Å². The molecule has 1 atom stereocenters. The first-order chi connectivity index (χ1) is 8.89. The Hall–Kier alpha value is -1.14. The molecule has 0 aromatic heterocycles. The fourth-order valence-corrected chi connectivity index (χ4v) is 2.47. The van der Waals surface area contributed by atoms with Gasteiger partial charge >= 0.3 is 5.97 Å². The highest BCUT2D eigenvalue weighted by molar-refractivity contribution is 7.99. The Bertz CT molecular complexity index is 456. The molecule has 0 aliphatic heterocycles. The van der Waals surface area contributed by atoms with E-state index in [1.807, 2.05) is 6.92 Å². The quantitative estimate of drug-likeness (QED) is 0.758. The number of rotatable bonds is 7. The summed E-state index contributed by atoms with van der Waals surface area (Å²) in [6.07, 6.45) is 0.794. The summed E-state index contributed by atoms with van der Waals surface area (Å²) in [5.41, 5.74) is -1.17. The number of hydrogen-bond acceptors (Lipinski definition) is 3. The van der Waals surface area contributed by atoms with Gasteiger partial charge in [0.2, 0.25) is 0 Å². The maximum absolute atomic E-state index is 13.4. The lowest BCUT2D eigenvalue weighted by atomic mass is 10.1. The predicted molar refractivity (Wildman–Crippen MR) is 71.4 cm³/mol. The zero-order valence-electron chi connectivity index (χ0n) is 10.9. The third-order valence-electron chi connectivity index (χ3n) is 2.65. The highest BCUT2D eigenvalue weighted by Gasteiger charge is 2.32. The lowest BCUT2D eigenvalue weighted by molar-refractivity contribution is -0.143. The number of thioether (sulfide) groups is 1. The number of benzene rings is 1. The molecule has 0 saturated carbocycles. The van der Waals surface area contributed by atoms with E-state index in [0.717, 1.165) is 36.4 Å². The Morgan fingerprint density at radius 3 is 2.74 bits per heavy atom. The van der Waals surface area contributed by atoms with Crippen LogP contribution in [0.25, 0.3) is 0 Å². The van der Waals surface area contributed by atoms with Gasteiger partial charge in [-0.25, -0.2) is 8.78 Å². The zero-order chi connectivity index (χ0) is 14.5. The second kappa shape index (κ2) is 6.86. The van der Waals surface area contributed by atoms with Gasteiger partial charge in [0.15, 0.2) is 0 Å². The summed E-state index contributed by atoms with van der Waals surface area (Å²) in [5, 5.41) is 12.1. The molecule has 0 aliphatic carbocycles. The Labute approximate surface area is 115 Å². The first-order valence-corrected chi connectivity index (χ1v) is 6.94. The number of carboxylic acids is 1. The minimum Gasteiger partial charge on any atom is -0.480 e. The number of nitrogens with one attached hydrogen (secondary N) is 1. The van der Waals surface area contributed by atoms with Gasteiger partial charge in [-0.1, -0.05) is 6.92 Å². The van der Waals surface area contributed by atoms with Crippen LogP contribution in [-0.2, 0) is 4.79 Å². The number of halogens is 2. The fourth-order valence-electron chi connectivity index (χ4n) is 1.40. The maximum atomic E-state index is 13.4. The molecule has 1 unspecified atom stereocenters. The van der Waals surface area contributed by atoms with E-state index in [2.05, 4.69) is 5.32 Å². The molecule has 0 aliphatic rings. The summed E-state index contributed by atoms with van der Waals surface area (Å²) < 4.78 is 26.5. The van der Waals surface area contributed by atoms with Crippen LogP contribution in [0.15, 0.2) is 23.1 Å². The summed E-state index contributed by atoms with van der Waals surface area (Å²) in [7, 11) is 0. The van der Waals surface area contributed by atoms with Gasteiger partial charge < -0.3 is 10.4 Å². The van der Waals surface area contributed by atoms with Crippen LogP contribution in [-0.4, -0.2) is 28.9 Å². The highest BCUT2D eigenvalue weighted by atomic mass is 32.2. The maximum Gasteiger partial charge on any atom is 0.324 e. The first-order valence-electron chi connectivity index (χ1n) is 5.95. The molecule has 106 valence electrons. The average Bonchev–Trinajstić information content (AvgIpc) is 2.37. The van der Waals surface area contributed by atoms with Crippen LogP contribution in [0.4, 0.5) is 8.78 Å². The molecule has 0 saturated heterocycles. The number of carbonyl (C=O) groups is 1. The van der Waals surface area contributed by atoms with Crippen molar-refractivity contribution in [3.8, 4) is 0 Å². The second-order valence-electron chi connectivity index (χ2n) is 4.43. The lowest BCUT2D eigenvalue weighted by Crippen LogP contribution is -2.51. The number of carboxylic acid groups (broad SMARTS) is 1. The highest BCUT2D eigenvalue weighted by Crippen LogP contribution is 2.26. The molecular weight excluding hydrogens is 272 g/mol. The van der Waals surface area contributed by atoms with Crippen LogP contribution in [0.3, 0.4) is 0 Å². The molecule has 6 heteroatoms. The standard InChI is InChI=1S/C13H17F2NO2S/c1-3-6-16-13(2,12(17)18)8-19-11-7-9(14)4-5-10(11)15/h4-5,7,16H,3,6,8H2,1-2H3,(H,17,18). The molecule has 0 fully saturated rings. The molecule has 0 amide bonds. The first kappa shape index (κ1) is 15.9. The Morgan fingerprint density at radius 2 is 2.16 bits per heavy atom. The minimum atomic E-state index is -1.17. The zero-order valence-corrected chi connectivity index (χ0v) is 11.7. The van der Waals surface area contributed by atoms with Crippen LogP contribution in [0.5, 0.6) is 0 Å². The van der Waals surface area contributed by atoms with Crippen LogP contribution >= 0.6 is 11.8 Å². The van der Waals surface area contributed by atoms with Crippen molar-refractivity contribution in [1.82, 2.24) is 5.32 Å². The van der Waals surface area contributed by atoms with Gasteiger partial charge in [0, 0.05) is 10.6 Å². The largest absolute Gasteiger partial charge is 0.480 e. The molecule has 0 spiro atoms. The Morgan fingerprint density at radius 1 is 1.47 bits per heavy atom. The van der Waals surface area contributed by atoms with Crippen LogP contribution in [0.2, 0.25) is 0 Å². The monoisotopic (exact) mass is 289 g/mol. The van der Waals surface area contributed by atoms with E-state index in [-0.39, 0.29) is 10.6 Å². The summed E-state index contributed by atoms with van der Waals surface area (Å²) in [4.78, 5) is 11.4. The van der Waals surface area contributed by atoms with Gasteiger partial charge in [-0.2, -0.15) is 0 Å². The number of aliphatic carboxylic acids is 1. The van der Waals surface area contributed by atoms with Crippen molar-refractivity contribution in [2.75, 3.05) is 12.3 Å². The molecule has 1 aromatic carbocycles. The normalized spacial score (nSPS) is 14.1. The summed E-state index contributed by atoms with van der Waals surface area (Å²) in [6.45, 7) is 4.01. The van der Waals surface area contributed by atoms with E-state index in [9.17, 15) is 18.7 Å². The van der Waals surface area contributed by atoms with E-state index in [1.165, 1.54) is 6.92 Å². The molecule has 1 rings (SSSR count). The molecule has 0 heterocycles. The average molecular weight is 289 g/mol. The van der Waals surface area contributed by atoms with Crippen molar-refractivity contribution < 1.29 is 18.7 Å². The van der Waals surface area contributed by atoms with Gasteiger partial charge in [-0.3, -0.25) is 4.79 Å². The molecule has 0 radical (unpaired) electrons. The van der Waals surface area contributed by atoms with Gasteiger partial charge in [0.1, 0.15) is 17.2 Å². The van der Waals surface area contributed by atoms with Crippen molar-refractivity contribution in [2.24, 2.45) is 0 Å². The van der Waals surface area contributed by atoms with Crippen molar-refractivity contribution in [3.05, 3.63) is 29.8 Å². The van der Waals surface area contributed by atoms with Crippen molar-refractivity contribution in [2.45, 2.75) is 30.7 Å². The third kappa shape index (κ3) is 4.47. The molecule has 0 bridgehead atoms. The van der Waals surface area contributed by atoms with Crippen LogP contribution in [0.1, 0.15) is 20.3 Å². The van der Waals surface area contributed by atoms with E-state index in [4.69, 9.17) is 0 Å². The van der Waals surface area contributed by atoms with Gasteiger partial charge in [0.05, 0.1) is 0 Å². The van der Waals surface area contributed by atoms with Gasteiger partial charge in [-0.05, 0) is 38.1 Å². The van der Waals surface area contributed by atoms with Gasteiger partial charge in [0.25, 0.3) is 0 Å². The smallest absolute Gasteiger partial charge is 0.324 e. The minimum absolute atomic E-state index is 0.114. The van der Waals surface area contributed by atoms with E-state index in [1.54, 1.807) is 0 Å². The Kier molecular flexibility index (Phi) is 5.75. The van der Waals surface area contributed by atoms with E-state index >= 15 is 0 Å². The molecule has 3 nitrogen and oxygen atoms in total. The van der Waals surface area contributed by atoms with Crippen molar-refractivity contribution in [3.63, 3.8) is 0 Å². The van der Waals surface area contributed by atoms with E-state index < -0.39 is 23.1 Å².